The number of nitrogens with one attached hydrogen (secondary N) is 1. The SMILES string of the molecule is Cc1ccc2c(c1)CCCN2C(=O)CCCNC(=O)c1cccs1. The summed E-state index contributed by atoms with van der Waals surface area (Å²) >= 11 is 1.42. The standard InChI is InChI=1S/C19H22N2O2S/c1-14-8-9-16-15(13-14)5-3-11-21(16)18(22)7-2-10-20-19(23)17-6-4-12-24-17/h4,6,8-9,12-13H,2-3,5,7,10-11H2,1H3,(H,20,23). The van der Waals surface area contributed by atoms with Gasteiger partial charge in [-0.15, -0.1) is 11.3 Å². The van der Waals surface area contributed by atoms with Gasteiger partial charge in [-0.25, -0.2) is 0 Å². The number of aryl methyl sites for hydroxylation is 2. The Hall–Kier alpha value is -2.14. The van der Waals surface area contributed by atoms with Crippen molar-refractivity contribution in [3.05, 3.63) is 51.7 Å². The Morgan fingerprint density at radius 2 is 2.17 bits per heavy atom. The molecule has 2 heterocycles. The van der Waals surface area contributed by atoms with E-state index in [1.54, 1.807) is 6.07 Å². The molecule has 0 saturated heterocycles. The maximum absolute atomic E-state index is 12.5. The lowest BCUT2D eigenvalue weighted by atomic mass is 9.99. The van der Waals surface area contributed by atoms with Crippen molar-refractivity contribution in [1.82, 2.24) is 5.32 Å². The van der Waals surface area contributed by atoms with Crippen molar-refractivity contribution < 1.29 is 9.59 Å². The lowest BCUT2D eigenvalue weighted by Crippen LogP contribution is -2.36. The quantitative estimate of drug-likeness (QED) is 0.845. The summed E-state index contributed by atoms with van der Waals surface area (Å²) in [5, 5.41) is 4.75. The molecule has 1 aromatic carbocycles. The third-order valence-electron chi connectivity index (χ3n) is 4.25. The van der Waals surface area contributed by atoms with Crippen LogP contribution >= 0.6 is 11.3 Å². The molecule has 0 bridgehead atoms. The van der Waals surface area contributed by atoms with Crippen LogP contribution in [0, 0.1) is 6.92 Å². The summed E-state index contributed by atoms with van der Waals surface area (Å²) in [5.74, 6) is 0.0846. The molecular weight excluding hydrogens is 320 g/mol. The average Bonchev–Trinajstić information content (AvgIpc) is 3.12. The molecule has 1 aliphatic heterocycles. The second-order valence-corrected chi connectivity index (χ2v) is 7.07. The topological polar surface area (TPSA) is 49.4 Å². The first-order valence-electron chi connectivity index (χ1n) is 8.37. The molecule has 0 unspecified atom stereocenters. The van der Waals surface area contributed by atoms with Crippen LogP contribution < -0.4 is 10.2 Å². The van der Waals surface area contributed by atoms with Crippen molar-refractivity contribution in [1.29, 1.82) is 0 Å². The van der Waals surface area contributed by atoms with E-state index >= 15 is 0 Å². The monoisotopic (exact) mass is 342 g/mol. The molecule has 3 rings (SSSR count). The fraction of sp³-hybridized carbons (Fsp3) is 0.368. The van der Waals surface area contributed by atoms with Crippen molar-refractivity contribution in [2.45, 2.75) is 32.6 Å². The Labute approximate surface area is 146 Å². The van der Waals surface area contributed by atoms with Crippen molar-refractivity contribution in [3.8, 4) is 0 Å². The molecule has 0 aliphatic carbocycles. The number of hydrogen-bond acceptors (Lipinski definition) is 3. The van der Waals surface area contributed by atoms with E-state index in [4.69, 9.17) is 0 Å². The number of anilines is 1. The van der Waals surface area contributed by atoms with Gasteiger partial charge in [0.25, 0.3) is 5.91 Å². The normalized spacial score (nSPS) is 13.5. The molecule has 0 spiro atoms. The summed E-state index contributed by atoms with van der Waals surface area (Å²) in [4.78, 5) is 27.0. The molecule has 1 N–H and O–H groups in total. The molecule has 0 saturated carbocycles. The molecule has 126 valence electrons. The van der Waals surface area contributed by atoms with Gasteiger partial charge in [-0.05, 0) is 49.3 Å². The van der Waals surface area contributed by atoms with Crippen LogP contribution in [0.2, 0.25) is 0 Å². The first-order valence-corrected chi connectivity index (χ1v) is 9.25. The largest absolute Gasteiger partial charge is 0.351 e. The zero-order valence-corrected chi connectivity index (χ0v) is 14.7. The minimum absolute atomic E-state index is 0.0590. The maximum atomic E-state index is 12.5. The number of thiophene rings is 1. The molecule has 1 aromatic heterocycles. The number of hydrogen-bond donors (Lipinski definition) is 1. The fourth-order valence-electron chi connectivity index (χ4n) is 3.06. The zero-order chi connectivity index (χ0) is 16.9. The summed E-state index contributed by atoms with van der Waals surface area (Å²) in [6, 6.07) is 9.96. The molecule has 4 nitrogen and oxygen atoms in total. The van der Waals surface area contributed by atoms with Crippen LogP contribution in [0.3, 0.4) is 0 Å². The van der Waals surface area contributed by atoms with Gasteiger partial charge in [0, 0.05) is 25.2 Å². The lowest BCUT2D eigenvalue weighted by Gasteiger charge is -2.30. The number of carbonyl (C=O) groups is 2. The van der Waals surface area contributed by atoms with Gasteiger partial charge in [-0.3, -0.25) is 9.59 Å². The summed E-state index contributed by atoms with van der Waals surface area (Å²) in [6.07, 6.45) is 3.17. The number of fused-ring (bicyclic) bond motifs is 1. The first-order chi connectivity index (χ1) is 11.6. The van der Waals surface area contributed by atoms with Gasteiger partial charge in [0.15, 0.2) is 0 Å². The summed E-state index contributed by atoms with van der Waals surface area (Å²) in [5.41, 5.74) is 3.56. The van der Waals surface area contributed by atoms with Crippen LogP contribution in [0.25, 0.3) is 0 Å². The Morgan fingerprint density at radius 3 is 2.96 bits per heavy atom. The first kappa shape index (κ1) is 16.7. The Balaban J connectivity index is 1.50. The zero-order valence-electron chi connectivity index (χ0n) is 13.9. The van der Waals surface area contributed by atoms with E-state index in [1.165, 1.54) is 22.5 Å². The van der Waals surface area contributed by atoms with Gasteiger partial charge in [0.2, 0.25) is 5.91 Å². The van der Waals surface area contributed by atoms with Crippen LogP contribution in [0.15, 0.2) is 35.7 Å². The molecule has 0 fully saturated rings. The number of carbonyl (C=O) groups excluding carboxylic acids is 2. The Kier molecular flexibility index (Phi) is 5.30. The minimum atomic E-state index is -0.0590. The van der Waals surface area contributed by atoms with Crippen LogP contribution in [-0.4, -0.2) is 24.9 Å². The summed E-state index contributed by atoms with van der Waals surface area (Å²) in [7, 11) is 0. The van der Waals surface area contributed by atoms with E-state index in [2.05, 4.69) is 30.4 Å². The smallest absolute Gasteiger partial charge is 0.261 e. The third-order valence-corrected chi connectivity index (χ3v) is 5.12. The van der Waals surface area contributed by atoms with Gasteiger partial charge in [0.05, 0.1) is 4.88 Å². The van der Waals surface area contributed by atoms with Crippen molar-refractivity contribution in [3.63, 3.8) is 0 Å². The number of nitrogens with zero attached hydrogens (tertiary/aromatic N) is 1. The molecule has 0 radical (unpaired) electrons. The Morgan fingerprint density at radius 1 is 1.29 bits per heavy atom. The van der Waals surface area contributed by atoms with E-state index in [0.29, 0.717) is 24.3 Å². The predicted molar refractivity (Wildman–Crippen MR) is 97.7 cm³/mol. The lowest BCUT2D eigenvalue weighted by molar-refractivity contribution is -0.118. The minimum Gasteiger partial charge on any atom is -0.351 e. The van der Waals surface area contributed by atoms with Crippen molar-refractivity contribution in [2.24, 2.45) is 0 Å². The molecule has 0 atom stereocenters. The van der Waals surface area contributed by atoms with Crippen LogP contribution in [0.5, 0.6) is 0 Å². The highest BCUT2D eigenvalue weighted by molar-refractivity contribution is 7.12. The van der Waals surface area contributed by atoms with E-state index in [1.807, 2.05) is 16.3 Å². The van der Waals surface area contributed by atoms with Crippen molar-refractivity contribution >= 4 is 28.8 Å². The van der Waals surface area contributed by atoms with Gasteiger partial charge in [0.1, 0.15) is 0 Å². The van der Waals surface area contributed by atoms with Crippen LogP contribution in [0.1, 0.15) is 40.1 Å². The maximum Gasteiger partial charge on any atom is 0.261 e. The highest BCUT2D eigenvalue weighted by Crippen LogP contribution is 2.28. The number of amides is 2. The molecular formula is C19H22N2O2S. The highest BCUT2D eigenvalue weighted by Gasteiger charge is 2.22. The van der Waals surface area contributed by atoms with E-state index < -0.39 is 0 Å². The second kappa shape index (κ2) is 7.62. The fourth-order valence-corrected chi connectivity index (χ4v) is 3.70. The summed E-state index contributed by atoms with van der Waals surface area (Å²) < 4.78 is 0. The predicted octanol–water partition coefficient (Wildman–Crippen LogP) is 3.55. The summed E-state index contributed by atoms with van der Waals surface area (Å²) in [6.45, 7) is 3.39. The van der Waals surface area contributed by atoms with Crippen molar-refractivity contribution in [2.75, 3.05) is 18.0 Å². The molecule has 1 aliphatic rings. The van der Waals surface area contributed by atoms with E-state index in [9.17, 15) is 9.59 Å². The highest BCUT2D eigenvalue weighted by atomic mass is 32.1. The van der Waals surface area contributed by atoms with Gasteiger partial charge < -0.3 is 10.2 Å². The van der Waals surface area contributed by atoms with E-state index in [0.717, 1.165) is 25.1 Å². The van der Waals surface area contributed by atoms with Crippen LogP contribution in [-0.2, 0) is 11.2 Å². The molecule has 24 heavy (non-hydrogen) atoms. The average molecular weight is 342 g/mol. The number of rotatable bonds is 5. The van der Waals surface area contributed by atoms with Gasteiger partial charge >= 0.3 is 0 Å². The van der Waals surface area contributed by atoms with E-state index in [-0.39, 0.29) is 11.8 Å². The molecule has 5 heteroatoms. The second-order valence-electron chi connectivity index (χ2n) is 6.12. The van der Waals surface area contributed by atoms with Crippen LogP contribution in [0.4, 0.5) is 5.69 Å². The third kappa shape index (κ3) is 3.85. The number of benzene rings is 1. The van der Waals surface area contributed by atoms with Gasteiger partial charge in [-0.1, -0.05) is 23.8 Å². The Bertz CT molecular complexity index is 725. The molecule has 2 amide bonds. The van der Waals surface area contributed by atoms with Gasteiger partial charge in [-0.2, -0.15) is 0 Å². The molecule has 2 aromatic rings.